The van der Waals surface area contributed by atoms with Crippen molar-refractivity contribution in [2.45, 2.75) is 13.3 Å². The molecule has 2 aromatic carbocycles. The molecule has 0 aliphatic heterocycles. The molecule has 0 N–H and O–H groups in total. The van der Waals surface area contributed by atoms with Crippen molar-refractivity contribution < 1.29 is 0 Å². The van der Waals surface area contributed by atoms with E-state index >= 15 is 0 Å². The number of halogens is 3. The van der Waals surface area contributed by atoms with E-state index in [4.69, 9.17) is 11.6 Å². The first-order chi connectivity index (χ1) is 8.71. The van der Waals surface area contributed by atoms with Gasteiger partial charge in [-0.25, -0.2) is 0 Å². The highest BCUT2D eigenvalue weighted by Gasteiger charge is 1.97. The Labute approximate surface area is 136 Å². The first-order valence-electron chi connectivity index (χ1n) is 5.59. The summed E-state index contributed by atoms with van der Waals surface area (Å²) in [4.78, 5) is 0. The molecule has 0 amide bonds. The van der Waals surface area contributed by atoms with Crippen LogP contribution in [0.4, 0.5) is 0 Å². The highest BCUT2D eigenvalue weighted by Crippen LogP contribution is 2.21. The Morgan fingerprint density at radius 3 is 2.06 bits per heavy atom. The van der Waals surface area contributed by atoms with Crippen LogP contribution in [0.5, 0.6) is 0 Å². The number of benzene rings is 2. The Hall–Kier alpha value is 0.456. The van der Waals surface area contributed by atoms with E-state index in [9.17, 15) is 0 Å². The first kappa shape index (κ1) is 16.5. The molecule has 0 spiro atoms. The van der Waals surface area contributed by atoms with Gasteiger partial charge in [0.15, 0.2) is 0 Å². The molecule has 0 atom stereocenters. The monoisotopic (exact) mass is 397 g/mol. The first-order valence-corrected chi connectivity index (χ1v) is 13.8. The van der Waals surface area contributed by atoms with Gasteiger partial charge in [-0.05, 0) is 47.4 Å². The Morgan fingerprint density at radius 2 is 1.61 bits per heavy atom. The maximum Gasteiger partial charge on any atom is 0.560 e. The van der Waals surface area contributed by atoms with Crippen molar-refractivity contribution in [1.29, 1.82) is 0 Å². The number of hydrogen-bond acceptors (Lipinski definition) is 0. The van der Waals surface area contributed by atoms with Crippen LogP contribution in [0, 0.1) is 6.07 Å². The average Bonchev–Trinajstić information content (AvgIpc) is 2.41. The summed E-state index contributed by atoms with van der Waals surface area (Å²) in [5.74, 6) is 0. The Kier molecular flexibility index (Phi) is 8.60. The van der Waals surface area contributed by atoms with E-state index in [1.54, 1.807) is 0 Å². The predicted octanol–water partition coefficient (Wildman–Crippen LogP) is 5.68. The molecule has 0 fully saturated rings. The quantitative estimate of drug-likeness (QED) is 0.570. The van der Waals surface area contributed by atoms with Gasteiger partial charge in [-0.1, -0.05) is 42.8 Å². The summed E-state index contributed by atoms with van der Waals surface area (Å²) < 4.78 is 0. The fourth-order valence-electron chi connectivity index (χ4n) is 1.50. The molecule has 4 heteroatoms. The fourth-order valence-corrected chi connectivity index (χ4v) is 1.62. The van der Waals surface area contributed by atoms with Crippen LogP contribution < -0.4 is 0 Å². The van der Waals surface area contributed by atoms with E-state index in [1.165, 1.54) is 16.7 Å². The molecule has 0 aliphatic rings. The lowest BCUT2D eigenvalue weighted by Crippen LogP contribution is -1.81. The smallest absolute Gasteiger partial charge is 0.280 e. The minimum atomic E-state index is 0.0417. The summed E-state index contributed by atoms with van der Waals surface area (Å²) in [6.07, 6.45) is 1.03. The number of hydrogen-bond donors (Lipinski definition) is 0. The van der Waals surface area contributed by atoms with Gasteiger partial charge in [-0.15, -0.1) is 0 Å². The van der Waals surface area contributed by atoms with Gasteiger partial charge in [0.25, 0.3) is 0 Å². The van der Waals surface area contributed by atoms with E-state index in [2.05, 4.69) is 50.9 Å². The van der Waals surface area contributed by atoms with Crippen LogP contribution in [0.25, 0.3) is 11.1 Å². The third-order valence-corrected chi connectivity index (χ3v) is 2.69. The summed E-state index contributed by atoms with van der Waals surface area (Å²) >= 11 is 12.3. The van der Waals surface area contributed by atoms with Crippen molar-refractivity contribution in [3.8, 4) is 11.1 Å². The molecule has 1 radical (unpaired) electrons. The molecule has 0 aromatic heterocycles. The SMILES string of the molecule is CCc1[c]cc(-c2ccc(Cl)cc2)cc1.[Br][Mg][Br]. The molecule has 0 unspecified atom stereocenters. The summed E-state index contributed by atoms with van der Waals surface area (Å²) in [5.41, 5.74) is 3.61. The van der Waals surface area contributed by atoms with Crippen LogP contribution in [0.3, 0.4) is 0 Å². The van der Waals surface area contributed by atoms with Crippen molar-refractivity contribution in [3.63, 3.8) is 0 Å². The van der Waals surface area contributed by atoms with Gasteiger partial charge in [0.05, 0.1) is 0 Å². The third-order valence-electron chi connectivity index (χ3n) is 2.44. The molecular weight excluding hydrogens is 388 g/mol. The molecule has 18 heavy (non-hydrogen) atoms. The zero-order valence-electron chi connectivity index (χ0n) is 10.1. The second-order valence-corrected chi connectivity index (χ2v) is 12.1. The van der Waals surface area contributed by atoms with Gasteiger partial charge in [0, 0.05) is 5.02 Å². The van der Waals surface area contributed by atoms with Crippen LogP contribution in [0.1, 0.15) is 12.5 Å². The van der Waals surface area contributed by atoms with Gasteiger partial charge in [0.2, 0.25) is 0 Å². The van der Waals surface area contributed by atoms with Gasteiger partial charge in [-0.3, -0.25) is 25.8 Å². The Morgan fingerprint density at radius 1 is 1.06 bits per heavy atom. The molecule has 0 aliphatic carbocycles. The minimum absolute atomic E-state index is 0.0417. The van der Waals surface area contributed by atoms with Crippen molar-refractivity contribution in [2.75, 3.05) is 0 Å². The lowest BCUT2D eigenvalue weighted by Gasteiger charge is -2.02. The molecule has 0 saturated heterocycles. The molecule has 2 aromatic rings. The third kappa shape index (κ3) is 5.62. The van der Waals surface area contributed by atoms with Crippen LogP contribution in [0.2, 0.25) is 5.02 Å². The highest BCUT2D eigenvalue weighted by molar-refractivity contribution is 9.47. The van der Waals surface area contributed by atoms with Crippen molar-refractivity contribution >= 4 is 53.4 Å². The lowest BCUT2D eigenvalue weighted by atomic mass is 10.0. The van der Waals surface area contributed by atoms with Gasteiger partial charge < -0.3 is 0 Å². The van der Waals surface area contributed by atoms with E-state index in [1.807, 2.05) is 30.3 Å². The van der Waals surface area contributed by atoms with Crippen molar-refractivity contribution in [2.24, 2.45) is 0 Å². The molecule has 0 heterocycles. The summed E-state index contributed by atoms with van der Waals surface area (Å²) in [5, 5.41) is 0.771. The number of rotatable bonds is 2. The topological polar surface area (TPSA) is 0 Å². The van der Waals surface area contributed by atoms with Gasteiger partial charge in [0.1, 0.15) is 0 Å². The zero-order valence-corrected chi connectivity index (χ0v) is 15.4. The standard InChI is InChI=1S/C14H12Cl.2BrH.Mg/c1-2-11-3-5-12(6-4-11)13-7-9-14(15)10-8-13;;;/h3,5-10H,2H2,1H3;2*1H;/q;;;+2/p-2. The molecule has 0 nitrogen and oxygen atoms in total. The Bertz CT molecular complexity index is 454. The maximum absolute atomic E-state index is 5.84. The normalized spacial score (nSPS) is 9.11. The van der Waals surface area contributed by atoms with Crippen LogP contribution in [-0.2, 0) is 6.42 Å². The molecule has 0 saturated carbocycles. The molecule has 0 bridgehead atoms. The second-order valence-electron chi connectivity index (χ2n) is 3.56. The van der Waals surface area contributed by atoms with Crippen LogP contribution >= 0.6 is 37.4 Å². The highest BCUT2D eigenvalue weighted by atomic mass is 79.9. The van der Waals surface area contributed by atoms with E-state index in [0.29, 0.717) is 0 Å². The summed E-state index contributed by atoms with van der Waals surface area (Å²) in [6.45, 7) is 2.13. The van der Waals surface area contributed by atoms with E-state index < -0.39 is 0 Å². The Balaban J connectivity index is 0.000000492. The fraction of sp³-hybridized carbons (Fsp3) is 0.143. The zero-order chi connectivity index (χ0) is 13.4. The largest absolute Gasteiger partial charge is 0.560 e. The minimum Gasteiger partial charge on any atom is -0.280 e. The summed E-state index contributed by atoms with van der Waals surface area (Å²) in [6, 6.07) is 17.4. The molecule has 2 rings (SSSR count). The lowest BCUT2D eigenvalue weighted by molar-refractivity contribution is 1.14. The maximum atomic E-state index is 5.84. The van der Waals surface area contributed by atoms with Gasteiger partial charge >= 0.3 is 16.0 Å². The van der Waals surface area contributed by atoms with E-state index in [-0.39, 0.29) is 16.0 Å². The van der Waals surface area contributed by atoms with E-state index in [0.717, 1.165) is 11.4 Å². The van der Waals surface area contributed by atoms with Crippen LogP contribution in [0.15, 0.2) is 42.5 Å². The molecule has 91 valence electrons. The van der Waals surface area contributed by atoms with Gasteiger partial charge in [-0.2, -0.15) is 0 Å². The molecular formula is C14H12Br2ClMg. The summed E-state index contributed by atoms with van der Waals surface area (Å²) in [7, 11) is 0. The van der Waals surface area contributed by atoms with Crippen molar-refractivity contribution in [3.05, 3.63) is 59.1 Å². The number of aryl methyl sites for hydroxylation is 1. The predicted molar refractivity (Wildman–Crippen MR) is 88.7 cm³/mol. The average molecular weight is 400 g/mol. The second kappa shape index (κ2) is 9.37. The van der Waals surface area contributed by atoms with Crippen LogP contribution in [-0.4, -0.2) is 16.0 Å². The van der Waals surface area contributed by atoms with Crippen molar-refractivity contribution in [1.82, 2.24) is 0 Å².